The second-order valence-corrected chi connectivity index (χ2v) is 35.1. The molecule has 5 fully saturated rings. The van der Waals surface area contributed by atoms with Gasteiger partial charge < -0.3 is 33.3 Å². The molecule has 20 heteroatoms. The number of rotatable bonds is 21. The van der Waals surface area contributed by atoms with Crippen molar-refractivity contribution >= 4 is 50.9 Å². The minimum Gasteiger partial charge on any atom is -0.748 e. The van der Waals surface area contributed by atoms with Gasteiger partial charge in [-0.3, -0.25) is 24.0 Å². The second kappa shape index (κ2) is 35.8. The number of ether oxygens (including phenoxy) is 5. The maximum absolute atomic E-state index is 13.3. The third-order valence-electron chi connectivity index (χ3n) is 20.1. The molecular formula is C81H114F4O14S2. The summed E-state index contributed by atoms with van der Waals surface area (Å²) in [5.74, 6) is 2.53. The molecule has 0 heterocycles. The Labute approximate surface area is 603 Å². The van der Waals surface area contributed by atoms with E-state index in [4.69, 9.17) is 24.1 Å². The number of hydrogen-bond acceptors (Lipinski definition) is 14. The fourth-order valence-corrected chi connectivity index (χ4v) is 14.8. The lowest BCUT2D eigenvalue weighted by Crippen LogP contribution is -2.61. The predicted octanol–water partition coefficient (Wildman–Crippen LogP) is 19.3. The van der Waals surface area contributed by atoms with E-state index in [1.54, 1.807) is 47.6 Å². The smallest absolute Gasteiger partial charge is 0.426 e. The summed E-state index contributed by atoms with van der Waals surface area (Å²) in [7, 11) is -5.46. The molecule has 14 nitrogen and oxygen atoms in total. The van der Waals surface area contributed by atoms with Gasteiger partial charge in [-0.1, -0.05) is 108 Å². The van der Waals surface area contributed by atoms with Gasteiger partial charge in [0, 0.05) is 6.42 Å². The van der Waals surface area contributed by atoms with Gasteiger partial charge in [0.25, 0.3) is 0 Å². The van der Waals surface area contributed by atoms with Crippen LogP contribution in [0.4, 0.5) is 17.6 Å². The van der Waals surface area contributed by atoms with E-state index in [2.05, 4.69) is 61.6 Å². The predicted molar refractivity (Wildman–Crippen MR) is 387 cm³/mol. The molecule has 4 aromatic rings. The van der Waals surface area contributed by atoms with Crippen LogP contribution in [0.15, 0.2) is 124 Å². The summed E-state index contributed by atoms with van der Waals surface area (Å²) in [6.07, 6.45) is 3.89. The number of aromatic hydroxyl groups is 1. The van der Waals surface area contributed by atoms with Gasteiger partial charge >= 0.3 is 36.0 Å². The molecule has 0 spiro atoms. The Kier molecular flexibility index (Phi) is 30.9. The third-order valence-corrected chi connectivity index (χ3v) is 23.1. The highest BCUT2D eigenvalue weighted by Gasteiger charge is 2.64. The molecule has 562 valence electrons. The maximum atomic E-state index is 13.3. The van der Waals surface area contributed by atoms with Gasteiger partial charge in [-0.25, -0.2) is 12.8 Å². The van der Waals surface area contributed by atoms with E-state index in [0.717, 1.165) is 37.0 Å². The zero-order valence-electron chi connectivity index (χ0n) is 63.3. The summed E-state index contributed by atoms with van der Waals surface area (Å²) in [6, 6.07) is 35.0. The van der Waals surface area contributed by atoms with Crippen molar-refractivity contribution in [1.82, 2.24) is 0 Å². The normalized spacial score (nSPS) is 20.1. The van der Waals surface area contributed by atoms with Gasteiger partial charge in [0.1, 0.15) is 22.8 Å². The lowest BCUT2D eigenvalue weighted by atomic mass is 9.48. The van der Waals surface area contributed by atoms with Crippen molar-refractivity contribution in [3.8, 4) is 17.6 Å². The van der Waals surface area contributed by atoms with Gasteiger partial charge in [-0.15, -0.1) is 0 Å². The van der Waals surface area contributed by atoms with Crippen LogP contribution in [-0.2, 0) is 68.7 Å². The van der Waals surface area contributed by atoms with Crippen LogP contribution in [0.25, 0.3) is 0 Å². The molecule has 0 amide bonds. The quantitative estimate of drug-likeness (QED) is 0.0206. The lowest BCUT2D eigenvalue weighted by Gasteiger charge is -2.60. The molecule has 5 aliphatic rings. The zero-order chi connectivity index (χ0) is 76.4. The molecule has 5 aliphatic carbocycles. The number of alkyl halides is 3. The largest absolute Gasteiger partial charge is 0.748 e. The molecule has 0 aliphatic heterocycles. The monoisotopic (exact) mass is 1450 g/mol. The Balaban J connectivity index is 0.000000278. The highest BCUT2D eigenvalue weighted by molar-refractivity contribution is 7.97. The average molecular weight is 1450 g/mol. The summed E-state index contributed by atoms with van der Waals surface area (Å²) in [6.45, 7) is 35.9. The van der Waals surface area contributed by atoms with Crippen molar-refractivity contribution in [1.29, 1.82) is 0 Å². The second-order valence-electron chi connectivity index (χ2n) is 31.7. The molecule has 0 saturated heterocycles. The summed E-state index contributed by atoms with van der Waals surface area (Å²) in [4.78, 5) is 65.7. The SMILES string of the molecule is CCC(C)(C)C(=O)OC(C)(C)C#CC(C)(C)OC(=O)C(C)(C)CC.CCC(C)(C)C(=O)OC1(C)CCCCC1.CCC(C)(C)C(=O)OC12CC3CC(C1)CC(C(=O)OC(CS(=O)(=O)[O-])C(F)(F)F)(C3)C2.CCC(C)c1cccc(O)c1.Fc1ccc([S+](c2ccccc2)c2ccccc2)cc1. The van der Waals surface area contributed by atoms with Gasteiger partial charge in [0.15, 0.2) is 25.9 Å². The van der Waals surface area contributed by atoms with Crippen LogP contribution in [0, 0.1) is 56.6 Å². The number of halogens is 4. The van der Waals surface area contributed by atoms with Crippen molar-refractivity contribution in [2.24, 2.45) is 38.9 Å². The third kappa shape index (κ3) is 26.7. The Hall–Kier alpha value is -6.43. The Morgan fingerprint density at radius 3 is 1.41 bits per heavy atom. The summed E-state index contributed by atoms with van der Waals surface area (Å²) in [5.41, 5.74) is -5.27. The van der Waals surface area contributed by atoms with Crippen molar-refractivity contribution < 1.29 is 83.3 Å². The zero-order valence-corrected chi connectivity index (χ0v) is 64.9. The summed E-state index contributed by atoms with van der Waals surface area (Å²) in [5, 5.41) is 9.16. The number of benzene rings is 4. The van der Waals surface area contributed by atoms with Crippen molar-refractivity contribution in [2.45, 2.75) is 290 Å². The molecular weight excluding hydrogens is 1340 g/mol. The van der Waals surface area contributed by atoms with Crippen LogP contribution in [0.3, 0.4) is 0 Å². The number of hydrogen-bond donors (Lipinski definition) is 1. The first-order valence-electron chi connectivity index (χ1n) is 35.6. The van der Waals surface area contributed by atoms with Gasteiger partial charge in [-0.2, -0.15) is 13.2 Å². The molecule has 101 heavy (non-hydrogen) atoms. The lowest BCUT2D eigenvalue weighted by molar-refractivity contribution is -0.239. The molecule has 4 bridgehead atoms. The standard InChI is InChI=1S/C20H29F3O7S.C20H34O4.C18H14FS.C13H24O2.C10H14O/c1-4-17(2,3)15(24)30-19-8-12-5-13(9-19)7-18(6-12,11-19)16(25)29-14(20(21,22)23)10-31(26,27)28;1-11-17(3,4)15(21)23-19(7,8)13-14-20(9,10)24-16(22)18(5,6)12-2;19-15-11-13-18(14-12-15)20(16-7-3-1-4-8-16)17-9-5-2-6-10-17;1-5-12(2,3)11(14)15-13(4)9-7-6-8-10-13;1-3-8(2)9-5-4-6-10(11)7-9/h12-14H,4-11H2,1-3H3,(H,26,27,28);11-12H2,1-10H3;1-14H;5-10H2,1-4H3;4-8,11H,3H2,1-2H3/q;;+1;;/p-1. The number of esters is 5. The van der Waals surface area contributed by atoms with Gasteiger partial charge in [-0.05, 0) is 264 Å². The number of phenols is 1. The van der Waals surface area contributed by atoms with Crippen LogP contribution >= 0.6 is 0 Å². The molecule has 5 saturated carbocycles. The van der Waals surface area contributed by atoms with Gasteiger partial charge in [0.05, 0.1) is 53.8 Å². The highest BCUT2D eigenvalue weighted by Crippen LogP contribution is 2.64. The maximum Gasteiger partial charge on any atom is 0.426 e. The van der Waals surface area contributed by atoms with Crippen LogP contribution in [0.2, 0.25) is 0 Å². The van der Waals surface area contributed by atoms with E-state index in [1.807, 2.05) is 136 Å². The Morgan fingerprint density at radius 1 is 0.594 bits per heavy atom. The van der Waals surface area contributed by atoms with Crippen LogP contribution in [0.5, 0.6) is 5.75 Å². The fourth-order valence-electron chi connectivity index (χ4n) is 12.1. The molecule has 0 radical (unpaired) electrons. The first-order chi connectivity index (χ1) is 46.6. The Morgan fingerprint density at radius 2 is 1.01 bits per heavy atom. The molecule has 0 aromatic heterocycles. The van der Waals surface area contributed by atoms with Crippen LogP contribution < -0.4 is 0 Å². The number of carbonyl (C=O) groups is 5. The van der Waals surface area contributed by atoms with Crippen molar-refractivity contribution in [3.63, 3.8) is 0 Å². The van der Waals surface area contributed by atoms with Crippen LogP contribution in [-0.4, -0.2) is 88.4 Å². The van der Waals surface area contributed by atoms with Crippen molar-refractivity contribution in [2.75, 3.05) is 5.75 Å². The van der Waals surface area contributed by atoms with E-state index < -0.39 is 78.6 Å². The van der Waals surface area contributed by atoms with E-state index >= 15 is 0 Å². The van der Waals surface area contributed by atoms with Gasteiger partial charge in [0.2, 0.25) is 6.10 Å². The highest BCUT2D eigenvalue weighted by atomic mass is 32.2. The van der Waals surface area contributed by atoms with Crippen molar-refractivity contribution in [3.05, 3.63) is 121 Å². The first-order valence-corrected chi connectivity index (χ1v) is 38.4. The van der Waals surface area contributed by atoms with E-state index in [1.165, 1.54) is 46.7 Å². The van der Waals surface area contributed by atoms with E-state index in [0.29, 0.717) is 56.6 Å². The minimum absolute atomic E-state index is 0.00100. The molecule has 4 atom stereocenters. The summed E-state index contributed by atoms with van der Waals surface area (Å²) >= 11 is 0. The minimum atomic E-state index is -5.27. The number of carbonyl (C=O) groups excluding carboxylic acids is 5. The average Bonchev–Trinajstić information content (AvgIpc) is 0.714. The number of phenolic OH excluding ortho intramolecular Hbond substituents is 1. The molecule has 1 N–H and O–H groups in total. The van der Waals surface area contributed by atoms with E-state index in [9.17, 15) is 54.5 Å². The summed E-state index contributed by atoms with van der Waals surface area (Å²) < 4.78 is 113. The fraction of sp³-hybridized carbons (Fsp3) is 0.617. The molecule has 4 unspecified atom stereocenters. The van der Waals surface area contributed by atoms with Crippen LogP contribution in [0.1, 0.15) is 246 Å². The first kappa shape index (κ1) is 87.0. The topological polar surface area (TPSA) is 209 Å². The molecule has 9 rings (SSSR count). The van der Waals surface area contributed by atoms with E-state index in [-0.39, 0.29) is 63.9 Å². The molecule has 4 aromatic carbocycles. The Bertz CT molecular complexity index is 3430.